The maximum absolute atomic E-state index is 12.4. The lowest BCUT2D eigenvalue weighted by molar-refractivity contribution is -0.140. The Kier molecular flexibility index (Phi) is 5.61. The van der Waals surface area contributed by atoms with Crippen molar-refractivity contribution in [3.05, 3.63) is 59.3 Å². The van der Waals surface area contributed by atoms with E-state index in [-0.39, 0.29) is 30.2 Å². The molecule has 10 heteroatoms. The Morgan fingerprint density at radius 1 is 1.06 bits per heavy atom. The van der Waals surface area contributed by atoms with Crippen LogP contribution in [0, 0.1) is 0 Å². The summed E-state index contributed by atoms with van der Waals surface area (Å²) in [6.45, 7) is -0.0180. The van der Waals surface area contributed by atoms with Crippen LogP contribution in [0.3, 0.4) is 0 Å². The molecule has 0 atom stereocenters. The molecule has 0 unspecified atom stereocenters. The van der Waals surface area contributed by atoms with E-state index in [4.69, 9.17) is 19.3 Å². The number of ether oxygens (including phenoxy) is 3. The fourth-order valence-electron chi connectivity index (χ4n) is 3.43. The number of esters is 2. The predicted octanol–water partition coefficient (Wildman–Crippen LogP) is 2.32. The summed E-state index contributed by atoms with van der Waals surface area (Å²) in [5.41, 5.74) is 2.88. The summed E-state index contributed by atoms with van der Waals surface area (Å²) in [6.07, 6.45) is 0. The van der Waals surface area contributed by atoms with Gasteiger partial charge in [0.15, 0.2) is 0 Å². The number of aromatic carboxylic acids is 1. The Labute approximate surface area is 182 Å². The van der Waals surface area contributed by atoms with E-state index < -0.39 is 17.9 Å². The average molecular weight is 437 g/mol. The van der Waals surface area contributed by atoms with Crippen molar-refractivity contribution in [2.45, 2.75) is 0 Å². The molecule has 0 aliphatic carbocycles. The van der Waals surface area contributed by atoms with Crippen LogP contribution in [-0.4, -0.2) is 60.5 Å². The Hall–Kier alpha value is -4.18. The molecule has 0 amide bonds. The minimum Gasteiger partial charge on any atom is -0.478 e. The average Bonchev–Trinajstić information content (AvgIpc) is 3.26. The fourth-order valence-corrected chi connectivity index (χ4v) is 3.43. The van der Waals surface area contributed by atoms with Crippen LogP contribution in [0.1, 0.15) is 10.4 Å². The van der Waals surface area contributed by atoms with Gasteiger partial charge >= 0.3 is 17.9 Å². The number of imidazole rings is 1. The topological polar surface area (TPSA) is 131 Å². The Morgan fingerprint density at radius 2 is 1.78 bits per heavy atom. The number of carboxylic acid groups (broad SMARTS) is 1. The number of anilines is 1. The molecule has 1 aromatic heterocycles. The van der Waals surface area contributed by atoms with Crippen molar-refractivity contribution in [3.8, 4) is 11.4 Å². The number of fused-ring (bicyclic) bond motifs is 1. The van der Waals surface area contributed by atoms with E-state index in [2.05, 4.69) is 9.97 Å². The number of hydrogen-bond acceptors (Lipinski definition) is 8. The summed E-state index contributed by atoms with van der Waals surface area (Å²) in [5.74, 6) is -1.81. The number of benzene rings is 2. The molecule has 0 fully saturated rings. The Bertz CT molecular complexity index is 1240. The van der Waals surface area contributed by atoms with Crippen molar-refractivity contribution in [2.24, 2.45) is 0 Å². The van der Waals surface area contributed by atoms with E-state index in [9.17, 15) is 14.4 Å². The number of nitrogens with one attached hydrogen (secondary N) is 1. The second kappa shape index (κ2) is 8.52. The second-order valence-electron chi connectivity index (χ2n) is 6.89. The molecule has 1 aliphatic rings. The molecule has 0 saturated carbocycles. The number of rotatable bonds is 5. The van der Waals surface area contributed by atoms with Crippen LogP contribution in [-0.2, 0) is 23.8 Å². The lowest BCUT2D eigenvalue weighted by Gasteiger charge is -2.31. The molecule has 3 aromatic rings. The van der Waals surface area contributed by atoms with Gasteiger partial charge in [0.05, 0.1) is 43.0 Å². The van der Waals surface area contributed by atoms with Crippen LogP contribution in [0.2, 0.25) is 0 Å². The molecule has 2 aromatic carbocycles. The highest BCUT2D eigenvalue weighted by molar-refractivity contribution is 6.03. The molecule has 0 spiro atoms. The van der Waals surface area contributed by atoms with Gasteiger partial charge in [-0.25, -0.2) is 19.4 Å². The predicted molar refractivity (Wildman–Crippen MR) is 113 cm³/mol. The summed E-state index contributed by atoms with van der Waals surface area (Å²) in [6, 6.07) is 11.7. The maximum Gasteiger partial charge on any atom is 0.355 e. The first-order chi connectivity index (χ1) is 15.4. The van der Waals surface area contributed by atoms with Crippen LogP contribution in [0.25, 0.3) is 22.4 Å². The van der Waals surface area contributed by atoms with Crippen molar-refractivity contribution < 1.29 is 33.7 Å². The summed E-state index contributed by atoms with van der Waals surface area (Å²) in [7, 11) is 2.46. The molecular formula is C22H19N3O7. The lowest BCUT2D eigenvalue weighted by Crippen LogP contribution is -2.38. The van der Waals surface area contributed by atoms with Crippen LogP contribution < -0.4 is 4.90 Å². The van der Waals surface area contributed by atoms with E-state index >= 15 is 0 Å². The minimum absolute atomic E-state index is 0.0485. The molecule has 2 heterocycles. The number of carbonyl (C=O) groups is 3. The normalized spacial score (nSPS) is 13.9. The van der Waals surface area contributed by atoms with Crippen LogP contribution in [0.15, 0.2) is 53.7 Å². The number of carbonyl (C=O) groups excluding carboxylic acids is 2. The molecule has 0 saturated heterocycles. The fraction of sp³-hybridized carbons (Fsp3) is 0.182. The summed E-state index contributed by atoms with van der Waals surface area (Å²) in [4.78, 5) is 44.8. The van der Waals surface area contributed by atoms with Crippen LogP contribution >= 0.6 is 0 Å². The van der Waals surface area contributed by atoms with Gasteiger partial charge in [-0.15, -0.1) is 0 Å². The molecule has 0 radical (unpaired) electrons. The van der Waals surface area contributed by atoms with Crippen LogP contribution in [0.5, 0.6) is 0 Å². The van der Waals surface area contributed by atoms with Crippen LogP contribution in [0.4, 0.5) is 5.69 Å². The molecular weight excluding hydrogens is 418 g/mol. The zero-order valence-corrected chi connectivity index (χ0v) is 17.2. The highest BCUT2D eigenvalue weighted by atomic mass is 16.5. The molecule has 0 bridgehead atoms. The van der Waals surface area contributed by atoms with Gasteiger partial charge in [0.25, 0.3) is 0 Å². The van der Waals surface area contributed by atoms with Gasteiger partial charge in [-0.2, -0.15) is 0 Å². The Morgan fingerprint density at radius 3 is 2.44 bits per heavy atom. The molecule has 10 nitrogen and oxygen atoms in total. The van der Waals surface area contributed by atoms with Gasteiger partial charge in [-0.1, -0.05) is 0 Å². The van der Waals surface area contributed by atoms with Crippen molar-refractivity contribution in [1.29, 1.82) is 0 Å². The standard InChI is InChI=1S/C22H19N3O7/c1-30-21(28)15-10-32-11-25(18(15)22(29)31-2)14-6-3-12(4-7-14)19-23-16-8-5-13(20(26)27)9-17(16)24-19/h3-9H,10-11H2,1-2H3,(H,23,24)(H,26,27). The zero-order chi connectivity index (χ0) is 22.8. The smallest absolute Gasteiger partial charge is 0.355 e. The monoisotopic (exact) mass is 437 g/mol. The minimum atomic E-state index is -1.02. The van der Waals surface area contributed by atoms with Gasteiger partial charge in [0, 0.05) is 11.3 Å². The second-order valence-corrected chi connectivity index (χ2v) is 6.89. The van der Waals surface area contributed by atoms with E-state index in [1.54, 1.807) is 30.3 Å². The number of H-pyrrole nitrogens is 1. The summed E-state index contributed by atoms with van der Waals surface area (Å²) < 4.78 is 15.1. The van der Waals surface area contributed by atoms with E-state index in [0.717, 1.165) is 5.56 Å². The first-order valence-corrected chi connectivity index (χ1v) is 9.51. The third kappa shape index (κ3) is 3.79. The van der Waals surface area contributed by atoms with Gasteiger partial charge in [0.2, 0.25) is 0 Å². The van der Waals surface area contributed by atoms with Gasteiger partial charge in [0.1, 0.15) is 18.3 Å². The molecule has 4 rings (SSSR count). The molecule has 164 valence electrons. The SMILES string of the molecule is COC(=O)C1=C(C(=O)OC)N(c2ccc(-c3nc4ccc(C(=O)O)cc4[nH]3)cc2)COC1. The molecule has 32 heavy (non-hydrogen) atoms. The van der Waals surface area contributed by atoms with Crippen molar-refractivity contribution in [2.75, 3.05) is 32.5 Å². The van der Waals surface area contributed by atoms with Crippen molar-refractivity contribution in [3.63, 3.8) is 0 Å². The molecule has 1 aliphatic heterocycles. The first-order valence-electron chi connectivity index (χ1n) is 9.51. The zero-order valence-electron chi connectivity index (χ0n) is 17.2. The number of aromatic amines is 1. The maximum atomic E-state index is 12.4. The highest BCUT2D eigenvalue weighted by Gasteiger charge is 2.32. The number of hydrogen-bond donors (Lipinski definition) is 2. The Balaban J connectivity index is 1.68. The number of carboxylic acids is 1. The quantitative estimate of drug-likeness (QED) is 0.577. The van der Waals surface area contributed by atoms with E-state index in [1.807, 2.05) is 0 Å². The first kappa shape index (κ1) is 21.1. The van der Waals surface area contributed by atoms with Crippen molar-refractivity contribution >= 4 is 34.6 Å². The number of nitrogens with zero attached hydrogens (tertiary/aromatic N) is 2. The highest BCUT2D eigenvalue weighted by Crippen LogP contribution is 2.29. The van der Waals surface area contributed by atoms with E-state index in [0.29, 0.717) is 22.5 Å². The van der Waals surface area contributed by atoms with Gasteiger partial charge in [-0.3, -0.25) is 0 Å². The number of aromatic nitrogens is 2. The van der Waals surface area contributed by atoms with Gasteiger partial charge in [-0.05, 0) is 42.5 Å². The molecule has 2 N–H and O–H groups in total. The summed E-state index contributed by atoms with van der Waals surface area (Å²) >= 11 is 0. The largest absolute Gasteiger partial charge is 0.478 e. The van der Waals surface area contributed by atoms with E-state index in [1.165, 1.54) is 31.3 Å². The van der Waals surface area contributed by atoms with Crippen molar-refractivity contribution in [1.82, 2.24) is 9.97 Å². The summed E-state index contributed by atoms with van der Waals surface area (Å²) in [5, 5.41) is 9.15. The number of methoxy groups -OCH3 is 2. The third-order valence-electron chi connectivity index (χ3n) is 5.01. The third-order valence-corrected chi connectivity index (χ3v) is 5.01. The lowest BCUT2D eigenvalue weighted by atomic mass is 10.1. The van der Waals surface area contributed by atoms with Gasteiger partial charge < -0.3 is 29.2 Å².